The molecule has 2 aliphatic rings. The highest BCUT2D eigenvalue weighted by atomic mass is 19.1. The van der Waals surface area contributed by atoms with Crippen LogP contribution in [-0.4, -0.2) is 62.2 Å². The van der Waals surface area contributed by atoms with E-state index in [2.05, 4.69) is 10.2 Å². The molecule has 0 aromatic heterocycles. The number of fused-ring (bicyclic) bond motifs is 1. The number of hydrogen-bond donors (Lipinski definition) is 1. The molecular weight excluding hydrogens is 401 g/mol. The minimum atomic E-state index is -0.808. The van der Waals surface area contributed by atoms with Crippen LogP contribution in [0.3, 0.4) is 0 Å². The van der Waals surface area contributed by atoms with Gasteiger partial charge in [-0.2, -0.15) is 0 Å². The average Bonchev–Trinajstić information content (AvgIpc) is 2.80. The van der Waals surface area contributed by atoms with Gasteiger partial charge >= 0.3 is 0 Å². The van der Waals surface area contributed by atoms with E-state index in [1.165, 1.54) is 19.1 Å². The lowest BCUT2D eigenvalue weighted by Gasteiger charge is -2.36. The van der Waals surface area contributed by atoms with E-state index in [1.54, 1.807) is 35.2 Å². The van der Waals surface area contributed by atoms with Gasteiger partial charge in [-0.05, 0) is 29.8 Å². The standard InChI is InChI=1S/C23H26FN3O4/c1-16(28)27-15-22(31-21-5-3-2-4-19(21)27)23(29)25-14-20(26-10-12-30-13-11-26)17-6-8-18(24)9-7-17/h2-9,20,22H,10-15H2,1H3,(H,25,29)/t20-,22+/m0/s1. The predicted octanol–water partition coefficient (Wildman–Crippen LogP) is 2.13. The van der Waals surface area contributed by atoms with Crippen LogP contribution in [0.1, 0.15) is 18.5 Å². The molecule has 0 aliphatic carbocycles. The fourth-order valence-electron chi connectivity index (χ4n) is 4.01. The highest BCUT2D eigenvalue weighted by Crippen LogP contribution is 2.33. The van der Waals surface area contributed by atoms with E-state index in [0.29, 0.717) is 31.2 Å². The van der Waals surface area contributed by atoms with E-state index in [-0.39, 0.29) is 30.2 Å². The van der Waals surface area contributed by atoms with E-state index in [1.807, 2.05) is 6.07 Å². The molecule has 2 atom stereocenters. The van der Waals surface area contributed by atoms with Gasteiger partial charge in [-0.3, -0.25) is 14.5 Å². The van der Waals surface area contributed by atoms with Crippen molar-refractivity contribution < 1.29 is 23.5 Å². The van der Waals surface area contributed by atoms with Crippen molar-refractivity contribution in [1.82, 2.24) is 10.2 Å². The molecule has 2 aromatic rings. The maximum atomic E-state index is 13.4. The van der Waals surface area contributed by atoms with Crippen LogP contribution in [0, 0.1) is 5.82 Å². The number of halogens is 1. The average molecular weight is 427 g/mol. The molecule has 1 N–H and O–H groups in total. The lowest BCUT2D eigenvalue weighted by atomic mass is 10.0. The fourth-order valence-corrected chi connectivity index (χ4v) is 4.01. The van der Waals surface area contributed by atoms with Crippen LogP contribution in [0.15, 0.2) is 48.5 Å². The maximum Gasteiger partial charge on any atom is 0.263 e. The van der Waals surface area contributed by atoms with Crippen molar-refractivity contribution in [3.63, 3.8) is 0 Å². The number of hydrogen-bond acceptors (Lipinski definition) is 5. The molecule has 1 fully saturated rings. The van der Waals surface area contributed by atoms with Crippen molar-refractivity contribution in [3.8, 4) is 5.75 Å². The van der Waals surface area contributed by atoms with Gasteiger partial charge in [0.2, 0.25) is 5.91 Å². The third kappa shape index (κ3) is 4.86. The molecule has 8 heteroatoms. The number of nitrogens with one attached hydrogen (secondary N) is 1. The third-order valence-electron chi connectivity index (χ3n) is 5.66. The zero-order valence-electron chi connectivity index (χ0n) is 17.4. The summed E-state index contributed by atoms with van der Waals surface area (Å²) < 4.78 is 24.8. The van der Waals surface area contributed by atoms with Crippen LogP contribution in [0.25, 0.3) is 0 Å². The summed E-state index contributed by atoms with van der Waals surface area (Å²) in [5, 5.41) is 2.98. The first-order valence-electron chi connectivity index (χ1n) is 10.4. The summed E-state index contributed by atoms with van der Waals surface area (Å²) in [6.45, 7) is 4.64. The molecule has 0 saturated carbocycles. The number of nitrogens with zero attached hydrogens (tertiary/aromatic N) is 2. The second-order valence-electron chi connectivity index (χ2n) is 7.66. The van der Waals surface area contributed by atoms with Gasteiger partial charge in [0.25, 0.3) is 5.91 Å². The highest BCUT2D eigenvalue weighted by Gasteiger charge is 2.33. The number of anilines is 1. The Morgan fingerprint density at radius 3 is 2.55 bits per heavy atom. The van der Waals surface area contributed by atoms with E-state index < -0.39 is 6.10 Å². The lowest BCUT2D eigenvalue weighted by Crippen LogP contribution is -2.52. The smallest absolute Gasteiger partial charge is 0.263 e. The zero-order chi connectivity index (χ0) is 21.8. The summed E-state index contributed by atoms with van der Waals surface area (Å²) in [7, 11) is 0. The Labute approximate surface area is 180 Å². The molecule has 7 nitrogen and oxygen atoms in total. The number of carbonyl (C=O) groups excluding carboxylic acids is 2. The second kappa shape index (κ2) is 9.45. The summed E-state index contributed by atoms with van der Waals surface area (Å²) in [6, 6.07) is 13.4. The first kappa shape index (κ1) is 21.3. The molecule has 2 aromatic carbocycles. The normalized spacial score (nSPS) is 19.8. The van der Waals surface area contributed by atoms with Crippen LogP contribution >= 0.6 is 0 Å². The van der Waals surface area contributed by atoms with Crippen molar-refractivity contribution in [2.45, 2.75) is 19.1 Å². The molecular formula is C23H26FN3O4. The number of morpholine rings is 1. The molecule has 4 rings (SSSR count). The molecule has 0 bridgehead atoms. The van der Waals surface area contributed by atoms with E-state index >= 15 is 0 Å². The second-order valence-corrected chi connectivity index (χ2v) is 7.66. The van der Waals surface area contributed by atoms with E-state index in [4.69, 9.17) is 9.47 Å². The van der Waals surface area contributed by atoms with Crippen molar-refractivity contribution in [3.05, 3.63) is 59.9 Å². The summed E-state index contributed by atoms with van der Waals surface area (Å²) in [6.07, 6.45) is -0.808. The number of carbonyl (C=O) groups is 2. The monoisotopic (exact) mass is 427 g/mol. The molecule has 1 saturated heterocycles. The van der Waals surface area contributed by atoms with Crippen molar-refractivity contribution >= 4 is 17.5 Å². The molecule has 2 aliphatic heterocycles. The molecule has 0 radical (unpaired) electrons. The predicted molar refractivity (Wildman–Crippen MR) is 113 cm³/mol. The Morgan fingerprint density at radius 2 is 1.84 bits per heavy atom. The van der Waals surface area contributed by atoms with Crippen LogP contribution in [0.2, 0.25) is 0 Å². The van der Waals surface area contributed by atoms with Gasteiger partial charge in [-0.15, -0.1) is 0 Å². The Balaban J connectivity index is 1.47. The van der Waals surface area contributed by atoms with Gasteiger partial charge in [0.05, 0.1) is 31.5 Å². The number of para-hydroxylation sites is 2. The molecule has 31 heavy (non-hydrogen) atoms. The van der Waals surface area contributed by atoms with E-state index in [9.17, 15) is 14.0 Å². The Kier molecular flexibility index (Phi) is 6.48. The maximum absolute atomic E-state index is 13.4. The molecule has 0 unspecified atom stereocenters. The summed E-state index contributed by atoms with van der Waals surface area (Å²) in [5.74, 6) is -0.230. The summed E-state index contributed by atoms with van der Waals surface area (Å²) in [4.78, 5) is 28.9. The zero-order valence-corrected chi connectivity index (χ0v) is 17.4. The lowest BCUT2D eigenvalue weighted by molar-refractivity contribution is -0.128. The van der Waals surface area contributed by atoms with Crippen LogP contribution in [0.4, 0.5) is 10.1 Å². The van der Waals surface area contributed by atoms with Crippen molar-refractivity contribution in [1.29, 1.82) is 0 Å². The van der Waals surface area contributed by atoms with Gasteiger partial charge in [0.1, 0.15) is 11.6 Å². The number of rotatable bonds is 5. The highest BCUT2D eigenvalue weighted by molar-refractivity contribution is 5.95. The van der Waals surface area contributed by atoms with Gasteiger partial charge in [-0.25, -0.2) is 4.39 Å². The largest absolute Gasteiger partial charge is 0.477 e. The molecule has 0 spiro atoms. The van der Waals surface area contributed by atoms with Gasteiger partial charge in [-0.1, -0.05) is 24.3 Å². The molecule has 2 heterocycles. The first-order chi connectivity index (χ1) is 15.0. The Bertz CT molecular complexity index is 931. The topological polar surface area (TPSA) is 71.1 Å². The first-order valence-corrected chi connectivity index (χ1v) is 10.4. The van der Waals surface area contributed by atoms with Crippen molar-refractivity contribution in [2.75, 3.05) is 44.3 Å². The summed E-state index contributed by atoms with van der Waals surface area (Å²) >= 11 is 0. The number of ether oxygens (including phenoxy) is 2. The molecule has 2 amide bonds. The van der Waals surface area contributed by atoms with Crippen LogP contribution in [0.5, 0.6) is 5.75 Å². The van der Waals surface area contributed by atoms with Crippen molar-refractivity contribution in [2.24, 2.45) is 0 Å². The number of benzene rings is 2. The molecule has 164 valence electrons. The SMILES string of the molecule is CC(=O)N1C[C@H](C(=O)NC[C@@H](c2ccc(F)cc2)N2CCOCC2)Oc2ccccc21. The quantitative estimate of drug-likeness (QED) is 0.792. The van der Waals surface area contributed by atoms with Gasteiger partial charge in [0.15, 0.2) is 6.10 Å². The Hall–Kier alpha value is -2.97. The third-order valence-corrected chi connectivity index (χ3v) is 5.66. The van der Waals surface area contributed by atoms with Gasteiger partial charge in [0, 0.05) is 26.6 Å². The number of amides is 2. The van der Waals surface area contributed by atoms with Crippen LogP contribution in [-0.2, 0) is 14.3 Å². The summed E-state index contributed by atoms with van der Waals surface area (Å²) in [5.41, 5.74) is 1.58. The van der Waals surface area contributed by atoms with Gasteiger partial charge < -0.3 is 19.7 Å². The fraction of sp³-hybridized carbons (Fsp3) is 0.391. The van der Waals surface area contributed by atoms with E-state index in [0.717, 1.165) is 18.7 Å². The minimum Gasteiger partial charge on any atom is -0.477 e. The minimum absolute atomic E-state index is 0.117. The Morgan fingerprint density at radius 1 is 1.13 bits per heavy atom. The van der Waals surface area contributed by atoms with Crippen LogP contribution < -0.4 is 15.0 Å².